The van der Waals surface area contributed by atoms with Crippen molar-refractivity contribution in [2.24, 2.45) is 5.92 Å². The quantitative estimate of drug-likeness (QED) is 0.552. The maximum absolute atomic E-state index is 12.0. The minimum Gasteiger partial charge on any atom is -0.452 e. The maximum atomic E-state index is 12.0. The van der Waals surface area contributed by atoms with Gasteiger partial charge in [-0.05, 0) is 38.0 Å². The lowest BCUT2D eigenvalue weighted by Crippen LogP contribution is -2.50. The molecule has 0 aliphatic carbocycles. The summed E-state index contributed by atoms with van der Waals surface area (Å²) < 4.78 is 6.52. The number of hydrogen-bond acceptors (Lipinski definition) is 5. The number of carbonyl (C=O) groups is 2. The largest absolute Gasteiger partial charge is 0.452 e. The Hall–Kier alpha value is -3.11. The Balaban J connectivity index is 2.01. The van der Waals surface area contributed by atoms with Crippen molar-refractivity contribution in [1.82, 2.24) is 15.1 Å². The standard InChI is InChI=1S/C21H23ClN4O3/c1-14(2)21(4,13-23)24-18(27)12-29-19(28)11-10-17-15(3)25-26(20(17)22)16-8-6-5-7-9-16/h5-11,14H,12H2,1-4H3,(H,24,27)/b11-10+/t21-/m0/s1. The minimum absolute atomic E-state index is 0.0988. The predicted molar refractivity (Wildman–Crippen MR) is 110 cm³/mol. The van der Waals surface area contributed by atoms with E-state index in [2.05, 4.69) is 16.5 Å². The number of esters is 1. The van der Waals surface area contributed by atoms with Crippen LogP contribution in [0.4, 0.5) is 0 Å². The predicted octanol–water partition coefficient (Wildman–Crippen LogP) is 3.45. The van der Waals surface area contributed by atoms with Gasteiger partial charge in [0.15, 0.2) is 6.61 Å². The summed E-state index contributed by atoms with van der Waals surface area (Å²) in [5, 5.41) is 16.5. The van der Waals surface area contributed by atoms with Crippen LogP contribution in [0.2, 0.25) is 5.15 Å². The number of amides is 1. The third-order valence-electron chi connectivity index (χ3n) is 4.57. The Kier molecular flexibility index (Phi) is 7.18. The molecule has 1 aromatic heterocycles. The lowest BCUT2D eigenvalue weighted by molar-refractivity contribution is -0.144. The van der Waals surface area contributed by atoms with Crippen LogP contribution in [-0.4, -0.2) is 33.8 Å². The summed E-state index contributed by atoms with van der Waals surface area (Å²) in [6, 6.07) is 11.4. The number of halogens is 1. The number of aryl methyl sites for hydroxylation is 1. The van der Waals surface area contributed by atoms with E-state index >= 15 is 0 Å². The number of aromatic nitrogens is 2. The Morgan fingerprint density at radius 3 is 2.62 bits per heavy atom. The summed E-state index contributed by atoms with van der Waals surface area (Å²) in [6.45, 7) is 6.55. The average molecular weight is 415 g/mol. The second-order valence-corrected chi connectivity index (χ2v) is 7.35. The SMILES string of the molecule is Cc1nn(-c2ccccc2)c(Cl)c1/C=C/C(=O)OCC(=O)N[C@@](C)(C#N)C(C)C. The molecule has 152 valence electrons. The van der Waals surface area contributed by atoms with Gasteiger partial charge in [0.1, 0.15) is 10.7 Å². The highest BCUT2D eigenvalue weighted by Gasteiger charge is 2.30. The first-order valence-corrected chi connectivity index (χ1v) is 9.43. The van der Waals surface area contributed by atoms with E-state index in [1.807, 2.05) is 44.2 Å². The van der Waals surface area contributed by atoms with Crippen molar-refractivity contribution in [3.63, 3.8) is 0 Å². The van der Waals surface area contributed by atoms with E-state index in [1.165, 1.54) is 12.2 Å². The zero-order valence-electron chi connectivity index (χ0n) is 16.8. The Morgan fingerprint density at radius 1 is 1.38 bits per heavy atom. The molecule has 0 bridgehead atoms. The molecule has 0 aliphatic rings. The topological polar surface area (TPSA) is 97.0 Å². The molecule has 0 fully saturated rings. The van der Waals surface area contributed by atoms with Crippen LogP contribution < -0.4 is 5.32 Å². The van der Waals surface area contributed by atoms with Crippen molar-refractivity contribution in [2.45, 2.75) is 33.2 Å². The number of nitrogens with zero attached hydrogens (tertiary/aromatic N) is 3. The molecule has 2 aromatic rings. The van der Waals surface area contributed by atoms with E-state index in [-0.39, 0.29) is 5.92 Å². The molecule has 0 aliphatic heterocycles. The van der Waals surface area contributed by atoms with Crippen LogP contribution in [-0.2, 0) is 14.3 Å². The molecule has 0 spiro atoms. The molecule has 29 heavy (non-hydrogen) atoms. The van der Waals surface area contributed by atoms with Gasteiger partial charge in [-0.1, -0.05) is 43.6 Å². The molecule has 0 radical (unpaired) electrons. The monoisotopic (exact) mass is 414 g/mol. The van der Waals surface area contributed by atoms with Gasteiger partial charge in [-0.25, -0.2) is 9.48 Å². The second kappa shape index (κ2) is 9.39. The molecule has 1 heterocycles. The van der Waals surface area contributed by atoms with Gasteiger partial charge in [-0.2, -0.15) is 10.4 Å². The number of hydrogen-bond donors (Lipinski definition) is 1. The zero-order valence-corrected chi connectivity index (χ0v) is 17.5. The molecule has 0 unspecified atom stereocenters. The third-order valence-corrected chi connectivity index (χ3v) is 4.93. The first-order chi connectivity index (χ1) is 13.7. The van der Waals surface area contributed by atoms with Gasteiger partial charge in [-0.3, -0.25) is 4.79 Å². The van der Waals surface area contributed by atoms with E-state index in [9.17, 15) is 14.9 Å². The maximum Gasteiger partial charge on any atom is 0.331 e. The van der Waals surface area contributed by atoms with Gasteiger partial charge in [-0.15, -0.1) is 0 Å². The first kappa shape index (κ1) is 22.2. The van der Waals surface area contributed by atoms with Crippen molar-refractivity contribution < 1.29 is 14.3 Å². The highest BCUT2D eigenvalue weighted by atomic mass is 35.5. The number of ether oxygens (including phenoxy) is 1. The van der Waals surface area contributed by atoms with Crippen molar-refractivity contribution in [3.8, 4) is 11.8 Å². The fourth-order valence-corrected chi connectivity index (χ4v) is 2.74. The molecule has 1 N–H and O–H groups in total. The molecular formula is C21H23ClN4O3. The van der Waals surface area contributed by atoms with E-state index in [0.29, 0.717) is 16.4 Å². The molecule has 1 atom stereocenters. The van der Waals surface area contributed by atoms with Gasteiger partial charge in [0.2, 0.25) is 0 Å². The summed E-state index contributed by atoms with van der Waals surface area (Å²) in [7, 11) is 0. The molecule has 8 heteroatoms. The van der Waals surface area contributed by atoms with Gasteiger partial charge in [0, 0.05) is 11.6 Å². The number of nitrogens with one attached hydrogen (secondary N) is 1. The molecule has 1 aromatic carbocycles. The lowest BCUT2D eigenvalue weighted by Gasteiger charge is -2.27. The normalized spacial score (nSPS) is 13.1. The molecule has 0 saturated heterocycles. The van der Waals surface area contributed by atoms with Crippen molar-refractivity contribution in [2.75, 3.05) is 6.61 Å². The smallest absolute Gasteiger partial charge is 0.331 e. The van der Waals surface area contributed by atoms with E-state index in [0.717, 1.165) is 5.69 Å². The van der Waals surface area contributed by atoms with Gasteiger partial charge >= 0.3 is 5.97 Å². The van der Waals surface area contributed by atoms with E-state index < -0.39 is 24.0 Å². The summed E-state index contributed by atoms with van der Waals surface area (Å²) in [5.74, 6) is -1.35. The number of benzene rings is 1. The number of carbonyl (C=O) groups excluding carboxylic acids is 2. The van der Waals surface area contributed by atoms with Crippen LogP contribution in [0.15, 0.2) is 36.4 Å². The Morgan fingerprint density at radius 2 is 2.03 bits per heavy atom. The summed E-state index contributed by atoms with van der Waals surface area (Å²) in [4.78, 5) is 23.9. The number of para-hydroxylation sites is 1. The highest BCUT2D eigenvalue weighted by molar-refractivity contribution is 6.31. The lowest BCUT2D eigenvalue weighted by atomic mass is 9.90. The summed E-state index contributed by atoms with van der Waals surface area (Å²) >= 11 is 6.40. The minimum atomic E-state index is -1.03. The fourth-order valence-electron chi connectivity index (χ4n) is 2.40. The van der Waals surface area contributed by atoms with E-state index in [4.69, 9.17) is 16.3 Å². The van der Waals surface area contributed by atoms with Gasteiger partial charge in [0.25, 0.3) is 5.91 Å². The first-order valence-electron chi connectivity index (χ1n) is 9.05. The van der Waals surface area contributed by atoms with Gasteiger partial charge in [0.05, 0.1) is 17.5 Å². The zero-order chi connectivity index (χ0) is 21.6. The Bertz CT molecular complexity index is 960. The number of rotatable bonds is 7. The van der Waals surface area contributed by atoms with Crippen LogP contribution in [0, 0.1) is 24.2 Å². The molecule has 7 nitrogen and oxygen atoms in total. The van der Waals surface area contributed by atoms with Crippen LogP contribution in [0.25, 0.3) is 11.8 Å². The van der Waals surface area contributed by atoms with Crippen molar-refractivity contribution in [1.29, 1.82) is 5.26 Å². The molecule has 1 amide bonds. The van der Waals surface area contributed by atoms with E-state index in [1.54, 1.807) is 18.5 Å². The van der Waals surface area contributed by atoms with Crippen LogP contribution in [0.3, 0.4) is 0 Å². The number of nitriles is 1. The van der Waals surface area contributed by atoms with Crippen LogP contribution >= 0.6 is 11.6 Å². The van der Waals surface area contributed by atoms with Crippen LogP contribution in [0.1, 0.15) is 32.0 Å². The van der Waals surface area contributed by atoms with Crippen molar-refractivity contribution in [3.05, 3.63) is 52.8 Å². The summed E-state index contributed by atoms with van der Waals surface area (Å²) in [6.07, 6.45) is 2.68. The third kappa shape index (κ3) is 5.46. The fraction of sp³-hybridized carbons (Fsp3) is 0.333. The van der Waals surface area contributed by atoms with Crippen molar-refractivity contribution >= 4 is 29.6 Å². The van der Waals surface area contributed by atoms with Crippen LogP contribution in [0.5, 0.6) is 0 Å². The highest BCUT2D eigenvalue weighted by Crippen LogP contribution is 2.24. The second-order valence-electron chi connectivity index (χ2n) is 7.00. The molecule has 2 rings (SSSR count). The molecule has 0 saturated carbocycles. The van der Waals surface area contributed by atoms with Gasteiger partial charge < -0.3 is 10.1 Å². The average Bonchev–Trinajstić information content (AvgIpc) is 2.98. The molecular weight excluding hydrogens is 392 g/mol. The summed E-state index contributed by atoms with van der Waals surface area (Å²) in [5.41, 5.74) is 0.983. The Labute approximate surface area is 174 Å².